The Balaban J connectivity index is 1.07. The van der Waals surface area contributed by atoms with Gasteiger partial charge in [-0.2, -0.15) is 0 Å². The van der Waals surface area contributed by atoms with E-state index in [1.807, 2.05) is 0 Å². The lowest BCUT2D eigenvalue weighted by molar-refractivity contribution is 1.40. The molecule has 13 aromatic rings. The van der Waals surface area contributed by atoms with Crippen molar-refractivity contribution in [2.75, 3.05) is 0 Å². The fraction of sp³-hybridized carbons (Fsp3) is 0. The Morgan fingerprint density at radius 1 is 0.210 bits per heavy atom. The van der Waals surface area contributed by atoms with Crippen molar-refractivity contribution in [3.63, 3.8) is 0 Å². The van der Waals surface area contributed by atoms with E-state index in [2.05, 4.69) is 206 Å². The van der Waals surface area contributed by atoms with Crippen LogP contribution in [0.2, 0.25) is 0 Å². The zero-order valence-electron chi connectivity index (χ0n) is 33.4. The molecule has 9 aromatic carbocycles. The van der Waals surface area contributed by atoms with Crippen LogP contribution in [0.3, 0.4) is 0 Å². The number of nitrogens with zero attached hydrogens (tertiary/aromatic N) is 4. The van der Waals surface area contributed by atoms with E-state index in [0.29, 0.717) is 0 Å². The van der Waals surface area contributed by atoms with E-state index >= 15 is 0 Å². The van der Waals surface area contributed by atoms with Crippen molar-refractivity contribution in [2.24, 2.45) is 0 Å². The Kier molecular flexibility index (Phi) is 7.57. The molecule has 0 aliphatic heterocycles. The molecule has 0 radical (unpaired) electrons. The summed E-state index contributed by atoms with van der Waals surface area (Å²) in [4.78, 5) is 21.8. The van der Waals surface area contributed by atoms with E-state index < -0.39 is 0 Å². The Labute approximate surface area is 356 Å². The molecule has 62 heavy (non-hydrogen) atoms. The summed E-state index contributed by atoms with van der Waals surface area (Å²) in [6.07, 6.45) is 0. The molecule has 0 saturated carbocycles. The van der Waals surface area contributed by atoms with Gasteiger partial charge in [0, 0.05) is 54.6 Å². The molecule has 4 nitrogen and oxygen atoms in total. The molecule has 0 amide bonds. The van der Waals surface area contributed by atoms with Crippen molar-refractivity contribution < 1.29 is 0 Å². The molecule has 0 fully saturated rings. The van der Waals surface area contributed by atoms with Gasteiger partial charge in [0.2, 0.25) is 0 Å². The van der Waals surface area contributed by atoms with E-state index in [1.54, 1.807) is 0 Å². The van der Waals surface area contributed by atoms with Gasteiger partial charge in [-0.15, -0.1) is 0 Å². The first-order chi connectivity index (χ1) is 30.8. The first-order valence-electron chi connectivity index (χ1n) is 21.1. The molecular weight excluding hydrogens is 753 g/mol. The van der Waals surface area contributed by atoms with Gasteiger partial charge in [-0.3, -0.25) is 0 Å². The lowest BCUT2D eigenvalue weighted by Crippen LogP contribution is -1.96. The summed E-state index contributed by atoms with van der Waals surface area (Å²) in [5, 5.41) is 11.0. The summed E-state index contributed by atoms with van der Waals surface area (Å²) in [6.45, 7) is 0. The van der Waals surface area contributed by atoms with Crippen molar-refractivity contribution in [1.29, 1.82) is 0 Å². The third-order valence-corrected chi connectivity index (χ3v) is 12.6. The van der Waals surface area contributed by atoms with E-state index in [4.69, 9.17) is 19.9 Å². The highest BCUT2D eigenvalue weighted by Gasteiger charge is 2.21. The van der Waals surface area contributed by atoms with Gasteiger partial charge in [-0.05, 0) is 56.9 Å². The highest BCUT2D eigenvalue weighted by atomic mass is 14.8. The molecule has 0 saturated heterocycles. The second kappa shape index (κ2) is 13.6. The number of hydrogen-bond acceptors (Lipinski definition) is 4. The number of fused-ring (bicyclic) bond motifs is 10. The topological polar surface area (TPSA) is 51.6 Å². The van der Waals surface area contributed by atoms with Crippen molar-refractivity contribution in [1.82, 2.24) is 19.9 Å². The van der Waals surface area contributed by atoms with E-state index in [0.717, 1.165) is 121 Å². The third-order valence-electron chi connectivity index (χ3n) is 12.6. The molecule has 4 heteroatoms. The number of benzene rings is 9. The van der Waals surface area contributed by atoms with Crippen LogP contribution in [0.5, 0.6) is 0 Å². The van der Waals surface area contributed by atoms with E-state index in [9.17, 15) is 0 Å². The summed E-state index contributed by atoms with van der Waals surface area (Å²) >= 11 is 0. The molecule has 0 atom stereocenters. The number of hydrogen-bond donors (Lipinski definition) is 0. The maximum atomic E-state index is 5.56. The monoisotopic (exact) mass is 786 g/mol. The van der Waals surface area contributed by atoms with Gasteiger partial charge < -0.3 is 0 Å². The zero-order chi connectivity index (χ0) is 40.7. The molecule has 4 aromatic heterocycles. The highest BCUT2D eigenvalue weighted by Crippen LogP contribution is 2.45. The predicted octanol–water partition coefficient (Wildman–Crippen LogP) is 15.2. The highest BCUT2D eigenvalue weighted by molar-refractivity contribution is 6.23. The summed E-state index contributed by atoms with van der Waals surface area (Å²) < 4.78 is 0. The van der Waals surface area contributed by atoms with Crippen LogP contribution >= 0.6 is 0 Å². The molecule has 286 valence electrons. The van der Waals surface area contributed by atoms with E-state index in [1.165, 1.54) is 11.1 Å². The second-order valence-corrected chi connectivity index (χ2v) is 16.0. The minimum absolute atomic E-state index is 0.887. The van der Waals surface area contributed by atoms with E-state index in [-0.39, 0.29) is 0 Å². The molecule has 0 spiro atoms. The van der Waals surface area contributed by atoms with Crippen LogP contribution in [0.15, 0.2) is 206 Å². The molecule has 0 unspecified atom stereocenters. The van der Waals surface area contributed by atoms with Crippen LogP contribution in [0.25, 0.3) is 132 Å². The molecule has 0 aliphatic carbocycles. The van der Waals surface area contributed by atoms with Crippen molar-refractivity contribution >= 4 is 87.0 Å². The van der Waals surface area contributed by atoms with Gasteiger partial charge in [0.15, 0.2) is 0 Å². The van der Waals surface area contributed by atoms with Crippen LogP contribution in [0.4, 0.5) is 0 Å². The average Bonchev–Trinajstić information content (AvgIpc) is 3.34. The standard InChI is InChI=1S/C58H34N4/c1-3-15-35(16-4-1)51-43-23-11-13-25-47(43)59-57-45(51)31-27-37-29-33-49(61-55(37)57)53-39-19-7-9-21-41(39)54(42-22-10-8-20-40(42)53)50-34-30-38-28-32-46-52(36-17-5-2-6-18-36)44-24-12-14-26-48(44)60-58(46)56(38)62-50/h1-34H. The van der Waals surface area contributed by atoms with Gasteiger partial charge in [0.05, 0.1) is 44.5 Å². The quantitative estimate of drug-likeness (QED) is 0.132. The Morgan fingerprint density at radius 2 is 0.548 bits per heavy atom. The summed E-state index contributed by atoms with van der Waals surface area (Å²) in [7, 11) is 0. The second-order valence-electron chi connectivity index (χ2n) is 16.0. The van der Waals surface area contributed by atoms with Gasteiger partial charge in [0.1, 0.15) is 0 Å². The fourth-order valence-electron chi connectivity index (χ4n) is 9.86. The SMILES string of the molecule is c1ccc(-c2c3ccccc3nc3c2ccc2ccc(-c4c5ccccc5c(-c5ccc6ccc7c(-c8ccccc8)c8ccccc8nc7c6n5)c5ccccc45)nc23)cc1. The van der Waals surface area contributed by atoms with Crippen LogP contribution in [0, 0.1) is 0 Å². The van der Waals surface area contributed by atoms with Crippen LogP contribution in [-0.4, -0.2) is 19.9 Å². The molecular formula is C58H34N4. The largest absolute Gasteiger partial charge is 0.245 e. The van der Waals surface area contributed by atoms with Crippen LogP contribution < -0.4 is 0 Å². The summed E-state index contributed by atoms with van der Waals surface area (Å²) in [5.74, 6) is 0. The Bertz CT molecular complexity index is 3660. The Morgan fingerprint density at radius 3 is 0.952 bits per heavy atom. The van der Waals surface area contributed by atoms with Crippen molar-refractivity contribution in [2.45, 2.75) is 0 Å². The Hall–Kier alpha value is -8.34. The molecule has 0 bridgehead atoms. The van der Waals surface area contributed by atoms with Gasteiger partial charge in [-0.1, -0.05) is 182 Å². The smallest absolute Gasteiger partial charge is 0.0978 e. The minimum Gasteiger partial charge on any atom is -0.245 e. The zero-order valence-corrected chi connectivity index (χ0v) is 33.4. The van der Waals surface area contributed by atoms with Gasteiger partial charge in [-0.25, -0.2) is 19.9 Å². The molecule has 0 aliphatic rings. The lowest BCUT2D eigenvalue weighted by Gasteiger charge is -2.18. The number of rotatable bonds is 4. The average molecular weight is 787 g/mol. The predicted molar refractivity (Wildman–Crippen MR) is 259 cm³/mol. The van der Waals surface area contributed by atoms with Crippen LogP contribution in [-0.2, 0) is 0 Å². The summed E-state index contributed by atoms with van der Waals surface area (Å²) in [6, 6.07) is 73.1. The summed E-state index contributed by atoms with van der Waals surface area (Å²) in [5.41, 5.74) is 14.2. The van der Waals surface area contributed by atoms with Gasteiger partial charge in [0.25, 0.3) is 0 Å². The van der Waals surface area contributed by atoms with Crippen molar-refractivity contribution in [3.05, 3.63) is 206 Å². The van der Waals surface area contributed by atoms with Crippen LogP contribution in [0.1, 0.15) is 0 Å². The normalized spacial score (nSPS) is 11.9. The molecule has 13 rings (SSSR count). The first-order valence-corrected chi connectivity index (χ1v) is 21.1. The third kappa shape index (κ3) is 5.20. The molecule has 4 heterocycles. The molecule has 0 N–H and O–H groups in total. The first kappa shape index (κ1) is 34.5. The van der Waals surface area contributed by atoms with Crippen molar-refractivity contribution in [3.8, 4) is 44.8 Å². The maximum absolute atomic E-state index is 5.56. The number of pyridine rings is 4. The number of para-hydroxylation sites is 2. The lowest BCUT2D eigenvalue weighted by atomic mass is 9.88. The number of aromatic nitrogens is 4. The maximum Gasteiger partial charge on any atom is 0.0978 e. The fourth-order valence-corrected chi connectivity index (χ4v) is 9.86. The van der Waals surface area contributed by atoms with Gasteiger partial charge >= 0.3 is 0 Å². The minimum atomic E-state index is 0.887.